The molecule has 2 amide bonds. The van der Waals surface area contributed by atoms with Gasteiger partial charge in [0, 0.05) is 40.0 Å². The molecule has 0 unspecified atom stereocenters. The normalized spacial score (nSPS) is 10.7. The fourth-order valence-corrected chi connectivity index (χ4v) is 4.17. The molecule has 8 heteroatoms. The molecule has 4 aromatic rings. The molecule has 0 aliphatic rings. The predicted molar refractivity (Wildman–Crippen MR) is 137 cm³/mol. The van der Waals surface area contributed by atoms with E-state index in [2.05, 4.69) is 10.6 Å². The van der Waals surface area contributed by atoms with E-state index in [4.69, 9.17) is 16.3 Å². The number of amides is 2. The van der Waals surface area contributed by atoms with Gasteiger partial charge in [0.15, 0.2) is 0 Å². The third-order valence-corrected chi connectivity index (χ3v) is 6.06. The minimum Gasteiger partial charge on any atom is -0.497 e. The number of carbonyl (C=O) groups excluding carboxylic acids is 3. The maximum atomic E-state index is 13.4. The molecule has 35 heavy (non-hydrogen) atoms. The number of hydrogen-bond acceptors (Lipinski definition) is 4. The molecule has 3 aromatic carbocycles. The van der Waals surface area contributed by atoms with Crippen molar-refractivity contribution in [1.29, 1.82) is 0 Å². The molecule has 0 saturated heterocycles. The summed E-state index contributed by atoms with van der Waals surface area (Å²) >= 11 is 5.99. The Labute approximate surface area is 207 Å². The average Bonchev–Trinajstić information content (AvgIpc) is 3.13. The van der Waals surface area contributed by atoms with Crippen LogP contribution in [0.5, 0.6) is 5.75 Å². The molecule has 0 spiro atoms. The van der Waals surface area contributed by atoms with Gasteiger partial charge in [0.1, 0.15) is 5.75 Å². The molecule has 0 aliphatic heterocycles. The third-order valence-electron chi connectivity index (χ3n) is 5.81. The van der Waals surface area contributed by atoms with Gasteiger partial charge >= 0.3 is 0 Å². The lowest BCUT2D eigenvalue weighted by Gasteiger charge is -2.09. The number of nitrogens with one attached hydrogen (secondary N) is 2. The molecule has 0 bridgehead atoms. The minimum absolute atomic E-state index is 0.0284. The van der Waals surface area contributed by atoms with Gasteiger partial charge in [0.2, 0.25) is 5.91 Å². The van der Waals surface area contributed by atoms with E-state index in [0.717, 1.165) is 5.39 Å². The lowest BCUT2D eigenvalue weighted by molar-refractivity contribution is -0.115. The molecule has 1 heterocycles. The number of ether oxygens (including phenoxy) is 1. The van der Waals surface area contributed by atoms with Crippen molar-refractivity contribution in [2.75, 3.05) is 19.5 Å². The molecular weight excluding hydrogens is 466 g/mol. The predicted octanol–water partition coefficient (Wildman–Crippen LogP) is 4.84. The molecule has 7 nitrogen and oxygen atoms in total. The Balaban J connectivity index is 1.71. The number of rotatable bonds is 6. The van der Waals surface area contributed by atoms with Crippen LogP contribution in [-0.2, 0) is 11.2 Å². The Morgan fingerprint density at radius 3 is 2.40 bits per heavy atom. The molecule has 0 saturated carbocycles. The second kappa shape index (κ2) is 10.0. The second-order valence-electron chi connectivity index (χ2n) is 7.98. The van der Waals surface area contributed by atoms with Crippen molar-refractivity contribution in [3.63, 3.8) is 0 Å². The summed E-state index contributed by atoms with van der Waals surface area (Å²) in [5.41, 5.74) is 3.47. The van der Waals surface area contributed by atoms with E-state index in [1.807, 2.05) is 19.1 Å². The monoisotopic (exact) mass is 489 g/mol. The molecule has 0 atom stereocenters. The lowest BCUT2D eigenvalue weighted by atomic mass is 10.1. The first-order valence-electron chi connectivity index (χ1n) is 10.9. The smallest absolute Gasteiger partial charge is 0.262 e. The summed E-state index contributed by atoms with van der Waals surface area (Å²) in [7, 11) is 3.11. The highest BCUT2D eigenvalue weighted by atomic mass is 35.5. The van der Waals surface area contributed by atoms with E-state index in [9.17, 15) is 14.4 Å². The standard InChI is InChI=1S/C27H24ClN3O4/c1-16-22(15-25(32)30-20-6-4-5-18(13-20)26(33)29-2)23-14-21(35-3)11-12-24(23)31(16)27(34)17-7-9-19(28)10-8-17/h4-14H,15H2,1-3H3,(H,29,33)(H,30,32). The molecule has 0 fully saturated rings. The van der Waals surface area contributed by atoms with Crippen LogP contribution in [0.3, 0.4) is 0 Å². The van der Waals surface area contributed by atoms with Gasteiger partial charge in [-0.3, -0.25) is 19.0 Å². The summed E-state index contributed by atoms with van der Waals surface area (Å²) in [5.74, 6) is -0.122. The van der Waals surface area contributed by atoms with Crippen LogP contribution < -0.4 is 15.4 Å². The van der Waals surface area contributed by atoms with Gasteiger partial charge in [-0.15, -0.1) is 0 Å². The van der Waals surface area contributed by atoms with Gasteiger partial charge in [-0.1, -0.05) is 17.7 Å². The molecule has 2 N–H and O–H groups in total. The number of fused-ring (bicyclic) bond motifs is 1. The maximum Gasteiger partial charge on any atom is 0.262 e. The first-order valence-corrected chi connectivity index (χ1v) is 11.3. The second-order valence-corrected chi connectivity index (χ2v) is 8.42. The van der Waals surface area contributed by atoms with Crippen molar-refractivity contribution < 1.29 is 19.1 Å². The van der Waals surface area contributed by atoms with Crippen molar-refractivity contribution in [1.82, 2.24) is 9.88 Å². The molecule has 0 radical (unpaired) electrons. The number of nitrogens with zero attached hydrogens (tertiary/aromatic N) is 1. The largest absolute Gasteiger partial charge is 0.497 e. The van der Waals surface area contributed by atoms with E-state index in [1.54, 1.807) is 73.3 Å². The van der Waals surface area contributed by atoms with Gasteiger partial charge in [0.05, 0.1) is 19.0 Å². The Hall–Kier alpha value is -4.10. The van der Waals surface area contributed by atoms with Crippen molar-refractivity contribution in [2.45, 2.75) is 13.3 Å². The van der Waals surface area contributed by atoms with Crippen LogP contribution in [-0.4, -0.2) is 36.4 Å². The first-order chi connectivity index (χ1) is 16.8. The number of aromatic nitrogens is 1. The fraction of sp³-hybridized carbons (Fsp3) is 0.148. The Morgan fingerprint density at radius 1 is 0.971 bits per heavy atom. The zero-order valence-electron chi connectivity index (χ0n) is 19.5. The number of carbonyl (C=O) groups is 3. The zero-order chi connectivity index (χ0) is 25.1. The fourth-order valence-electron chi connectivity index (χ4n) is 4.04. The Morgan fingerprint density at radius 2 is 1.71 bits per heavy atom. The van der Waals surface area contributed by atoms with Crippen molar-refractivity contribution in [3.8, 4) is 5.75 Å². The Kier molecular flexibility index (Phi) is 6.89. The van der Waals surface area contributed by atoms with Crippen molar-refractivity contribution in [2.24, 2.45) is 0 Å². The lowest BCUT2D eigenvalue weighted by Crippen LogP contribution is -2.19. The summed E-state index contributed by atoms with van der Waals surface area (Å²) in [5, 5.41) is 6.70. The van der Waals surface area contributed by atoms with Gasteiger partial charge in [-0.2, -0.15) is 0 Å². The van der Waals surface area contributed by atoms with Gasteiger partial charge in [-0.25, -0.2) is 0 Å². The van der Waals surface area contributed by atoms with Crippen LogP contribution in [0.2, 0.25) is 5.02 Å². The maximum absolute atomic E-state index is 13.4. The quantitative estimate of drug-likeness (QED) is 0.405. The van der Waals surface area contributed by atoms with Gasteiger partial charge in [-0.05, 0) is 73.2 Å². The highest BCUT2D eigenvalue weighted by molar-refractivity contribution is 6.30. The van der Waals surface area contributed by atoms with Crippen LogP contribution in [0, 0.1) is 6.92 Å². The van der Waals surface area contributed by atoms with Crippen LogP contribution in [0.25, 0.3) is 10.9 Å². The number of hydrogen-bond donors (Lipinski definition) is 2. The molecular formula is C27H24ClN3O4. The van der Waals surface area contributed by atoms with Gasteiger partial charge in [0.25, 0.3) is 11.8 Å². The SMILES string of the molecule is CNC(=O)c1cccc(NC(=O)Cc2c(C)n(C(=O)c3ccc(Cl)cc3)c3ccc(OC)cc23)c1. The van der Waals surface area contributed by atoms with E-state index in [-0.39, 0.29) is 24.1 Å². The van der Waals surface area contributed by atoms with Crippen molar-refractivity contribution >= 4 is 45.9 Å². The number of methoxy groups -OCH3 is 1. The van der Waals surface area contributed by atoms with E-state index in [0.29, 0.717) is 44.4 Å². The van der Waals surface area contributed by atoms with Crippen molar-refractivity contribution in [3.05, 3.63) is 94.1 Å². The van der Waals surface area contributed by atoms with E-state index >= 15 is 0 Å². The first kappa shape index (κ1) is 24.0. The third kappa shape index (κ3) is 4.90. The molecule has 4 rings (SSSR count). The topological polar surface area (TPSA) is 89.4 Å². The summed E-state index contributed by atoms with van der Waals surface area (Å²) in [4.78, 5) is 38.4. The Bertz CT molecular complexity index is 1440. The highest BCUT2D eigenvalue weighted by Crippen LogP contribution is 2.31. The number of benzene rings is 3. The number of anilines is 1. The highest BCUT2D eigenvalue weighted by Gasteiger charge is 2.22. The molecule has 1 aromatic heterocycles. The average molecular weight is 490 g/mol. The van der Waals surface area contributed by atoms with Crippen LogP contribution in [0.1, 0.15) is 32.0 Å². The number of halogens is 1. The minimum atomic E-state index is -0.275. The summed E-state index contributed by atoms with van der Waals surface area (Å²) < 4.78 is 6.99. The van der Waals surface area contributed by atoms with Crippen LogP contribution in [0.4, 0.5) is 5.69 Å². The van der Waals surface area contributed by atoms with E-state index in [1.165, 1.54) is 0 Å². The van der Waals surface area contributed by atoms with Crippen LogP contribution >= 0.6 is 11.6 Å². The molecule has 178 valence electrons. The summed E-state index contributed by atoms with van der Waals surface area (Å²) in [6.45, 7) is 1.81. The van der Waals surface area contributed by atoms with Crippen LogP contribution in [0.15, 0.2) is 66.7 Å². The van der Waals surface area contributed by atoms with E-state index < -0.39 is 0 Å². The zero-order valence-corrected chi connectivity index (χ0v) is 20.3. The molecule has 0 aliphatic carbocycles. The summed E-state index contributed by atoms with van der Waals surface area (Å²) in [6, 6.07) is 18.8. The summed E-state index contributed by atoms with van der Waals surface area (Å²) in [6.07, 6.45) is 0.0284. The van der Waals surface area contributed by atoms with Gasteiger partial charge < -0.3 is 15.4 Å².